The van der Waals surface area contributed by atoms with Crippen LogP contribution in [0.15, 0.2) is 134 Å². The van der Waals surface area contributed by atoms with Gasteiger partial charge in [0.25, 0.3) is 0 Å². The van der Waals surface area contributed by atoms with Gasteiger partial charge in [-0.1, -0.05) is 219 Å². The summed E-state index contributed by atoms with van der Waals surface area (Å²) in [4.78, 5) is 38.2. The molecule has 0 aromatic carbocycles. The standard InChI is InChI=1S/C65H104O6/c1-4-7-10-13-16-19-22-25-28-31-32-35-37-40-43-46-49-52-55-58-64(67)70-61-62(71-65(68)59-56-53-50-47-44-41-38-34-30-27-24-21-18-15-12-9-6-3)60-69-63(66)57-54-51-48-45-42-39-36-33-29-26-23-20-17-14-11-8-5-2/h9,12,16-21,25-30,32,35,38,40-41,43,47,50,62H,4-8,10-11,13-15,22-24,31,33-34,36-37,39,42,44-46,48-49,51-61H2,1-3H3/b12-9-,19-16-,20-17-,21-18-,28-25-,29-26-,30-27-,35-32-,41-38-,43-40-,50-47-/t62-/m1/s1. The van der Waals surface area contributed by atoms with Gasteiger partial charge in [-0.2, -0.15) is 0 Å². The molecule has 0 unspecified atom stereocenters. The molecule has 0 N–H and O–H groups in total. The van der Waals surface area contributed by atoms with E-state index in [9.17, 15) is 14.4 Å². The van der Waals surface area contributed by atoms with Crippen molar-refractivity contribution < 1.29 is 28.6 Å². The second-order valence-electron chi connectivity index (χ2n) is 18.5. The Morgan fingerprint density at radius 2 is 0.563 bits per heavy atom. The molecule has 0 fully saturated rings. The second kappa shape index (κ2) is 58.1. The van der Waals surface area contributed by atoms with Gasteiger partial charge in [-0.25, -0.2) is 0 Å². The van der Waals surface area contributed by atoms with Crippen LogP contribution in [0, 0.1) is 0 Å². The van der Waals surface area contributed by atoms with E-state index < -0.39 is 6.10 Å². The normalized spacial score (nSPS) is 13.1. The van der Waals surface area contributed by atoms with E-state index in [-0.39, 0.29) is 37.5 Å². The average Bonchev–Trinajstić information content (AvgIpc) is 3.37. The van der Waals surface area contributed by atoms with Crippen LogP contribution in [0.1, 0.15) is 239 Å². The lowest BCUT2D eigenvalue weighted by molar-refractivity contribution is -0.167. The molecule has 0 amide bonds. The van der Waals surface area contributed by atoms with Crippen molar-refractivity contribution in [1.29, 1.82) is 0 Å². The van der Waals surface area contributed by atoms with Crippen LogP contribution in [0.5, 0.6) is 0 Å². The largest absolute Gasteiger partial charge is 0.462 e. The summed E-state index contributed by atoms with van der Waals surface area (Å²) in [6.07, 6.45) is 81.5. The summed E-state index contributed by atoms with van der Waals surface area (Å²) in [5.41, 5.74) is 0. The van der Waals surface area contributed by atoms with Gasteiger partial charge < -0.3 is 14.2 Å². The molecule has 6 nitrogen and oxygen atoms in total. The Bertz CT molecular complexity index is 1550. The Balaban J connectivity index is 4.57. The van der Waals surface area contributed by atoms with Gasteiger partial charge in [0.2, 0.25) is 0 Å². The molecule has 0 aliphatic carbocycles. The van der Waals surface area contributed by atoms with Crippen LogP contribution in [0.25, 0.3) is 0 Å². The molecule has 0 saturated carbocycles. The molecule has 0 heterocycles. The van der Waals surface area contributed by atoms with E-state index in [4.69, 9.17) is 14.2 Å². The van der Waals surface area contributed by atoms with Crippen molar-refractivity contribution >= 4 is 17.9 Å². The number of rotatable bonds is 50. The number of carbonyl (C=O) groups excluding carboxylic acids is 3. The fraction of sp³-hybridized carbons (Fsp3) is 0.615. The molecule has 0 bridgehead atoms. The van der Waals surface area contributed by atoms with Gasteiger partial charge in [-0.15, -0.1) is 0 Å². The van der Waals surface area contributed by atoms with E-state index in [0.29, 0.717) is 19.3 Å². The summed E-state index contributed by atoms with van der Waals surface area (Å²) in [5, 5.41) is 0. The highest BCUT2D eigenvalue weighted by atomic mass is 16.6. The summed E-state index contributed by atoms with van der Waals surface area (Å²) >= 11 is 0. The molecule has 0 rings (SSSR count). The van der Waals surface area contributed by atoms with Crippen LogP contribution >= 0.6 is 0 Å². The molecule has 1 atom stereocenters. The Morgan fingerprint density at radius 3 is 0.915 bits per heavy atom. The first-order valence-corrected chi connectivity index (χ1v) is 28.7. The zero-order valence-corrected chi connectivity index (χ0v) is 45.7. The molecular formula is C65H104O6. The minimum atomic E-state index is -0.830. The summed E-state index contributed by atoms with van der Waals surface area (Å²) in [5.74, 6) is -1.02. The summed E-state index contributed by atoms with van der Waals surface area (Å²) in [6.45, 7) is 6.38. The van der Waals surface area contributed by atoms with Crippen LogP contribution in [0.4, 0.5) is 0 Å². The highest BCUT2D eigenvalue weighted by Gasteiger charge is 2.19. The molecule has 71 heavy (non-hydrogen) atoms. The predicted octanol–water partition coefficient (Wildman–Crippen LogP) is 19.4. The van der Waals surface area contributed by atoms with Crippen molar-refractivity contribution in [2.24, 2.45) is 0 Å². The van der Waals surface area contributed by atoms with Gasteiger partial charge in [0.15, 0.2) is 6.10 Å². The number of hydrogen-bond donors (Lipinski definition) is 0. The number of unbranched alkanes of at least 4 members (excludes halogenated alkanes) is 17. The summed E-state index contributed by atoms with van der Waals surface area (Å²) in [6, 6.07) is 0. The molecule has 0 aromatic rings. The topological polar surface area (TPSA) is 78.9 Å². The van der Waals surface area contributed by atoms with Crippen molar-refractivity contribution in [3.63, 3.8) is 0 Å². The van der Waals surface area contributed by atoms with Crippen molar-refractivity contribution in [2.45, 2.75) is 245 Å². The Labute approximate surface area is 436 Å². The van der Waals surface area contributed by atoms with Gasteiger partial charge in [0, 0.05) is 19.3 Å². The first-order chi connectivity index (χ1) is 35.0. The monoisotopic (exact) mass is 981 g/mol. The SMILES string of the molecule is CC/C=C\C/C=C\C/C=C\C/C=C\C/C=C\CCCC(=O)O[C@@H](COC(=O)CCCCC/C=C\C/C=C\C/C=C\C/C=C\CCCCC)COC(=O)CCCCCCCCC/C=C\C/C=C\CCCCC. The summed E-state index contributed by atoms with van der Waals surface area (Å²) < 4.78 is 16.8. The number of carbonyl (C=O) groups is 3. The fourth-order valence-corrected chi connectivity index (χ4v) is 7.31. The molecule has 400 valence electrons. The summed E-state index contributed by atoms with van der Waals surface area (Å²) in [7, 11) is 0. The van der Waals surface area contributed by atoms with E-state index in [2.05, 4.69) is 154 Å². The molecular weight excluding hydrogens is 877 g/mol. The van der Waals surface area contributed by atoms with Crippen LogP contribution < -0.4 is 0 Å². The minimum absolute atomic E-state index is 0.120. The molecule has 0 saturated heterocycles. The Morgan fingerprint density at radius 1 is 0.296 bits per heavy atom. The third-order valence-electron chi connectivity index (χ3n) is 11.6. The Kier molecular flexibility index (Phi) is 54.5. The lowest BCUT2D eigenvalue weighted by Crippen LogP contribution is -2.30. The van der Waals surface area contributed by atoms with Gasteiger partial charge in [0.1, 0.15) is 13.2 Å². The van der Waals surface area contributed by atoms with Gasteiger partial charge in [-0.05, 0) is 135 Å². The number of hydrogen-bond acceptors (Lipinski definition) is 6. The molecule has 6 heteroatoms. The van der Waals surface area contributed by atoms with Crippen LogP contribution in [0.2, 0.25) is 0 Å². The molecule has 0 radical (unpaired) electrons. The van der Waals surface area contributed by atoms with Gasteiger partial charge in [0.05, 0.1) is 0 Å². The van der Waals surface area contributed by atoms with E-state index >= 15 is 0 Å². The number of allylic oxidation sites excluding steroid dienone is 22. The third-order valence-corrected chi connectivity index (χ3v) is 11.6. The van der Waals surface area contributed by atoms with Crippen molar-refractivity contribution in [3.8, 4) is 0 Å². The number of esters is 3. The zero-order chi connectivity index (χ0) is 51.4. The van der Waals surface area contributed by atoms with Gasteiger partial charge >= 0.3 is 17.9 Å². The highest BCUT2D eigenvalue weighted by molar-refractivity contribution is 5.71. The molecule has 0 aromatic heterocycles. The first-order valence-electron chi connectivity index (χ1n) is 28.7. The number of ether oxygens (including phenoxy) is 3. The van der Waals surface area contributed by atoms with Crippen LogP contribution in [-0.4, -0.2) is 37.2 Å². The Hall–Kier alpha value is -4.45. The van der Waals surface area contributed by atoms with Crippen molar-refractivity contribution in [2.75, 3.05) is 13.2 Å². The maximum Gasteiger partial charge on any atom is 0.306 e. The maximum absolute atomic E-state index is 12.8. The average molecular weight is 982 g/mol. The third kappa shape index (κ3) is 56.3. The lowest BCUT2D eigenvalue weighted by atomic mass is 10.1. The van der Waals surface area contributed by atoms with Crippen molar-refractivity contribution in [3.05, 3.63) is 134 Å². The van der Waals surface area contributed by atoms with Crippen molar-refractivity contribution in [1.82, 2.24) is 0 Å². The zero-order valence-electron chi connectivity index (χ0n) is 45.7. The smallest absolute Gasteiger partial charge is 0.306 e. The first kappa shape index (κ1) is 66.6. The van der Waals surface area contributed by atoms with E-state index in [1.54, 1.807) is 0 Å². The van der Waals surface area contributed by atoms with E-state index in [0.717, 1.165) is 116 Å². The molecule has 0 aliphatic heterocycles. The predicted molar refractivity (Wildman–Crippen MR) is 306 cm³/mol. The minimum Gasteiger partial charge on any atom is -0.462 e. The molecule has 0 aliphatic rings. The second-order valence-corrected chi connectivity index (χ2v) is 18.5. The van der Waals surface area contributed by atoms with E-state index in [1.165, 1.54) is 77.0 Å². The van der Waals surface area contributed by atoms with Crippen LogP contribution in [-0.2, 0) is 28.6 Å². The highest BCUT2D eigenvalue weighted by Crippen LogP contribution is 2.13. The molecule has 0 spiro atoms. The fourth-order valence-electron chi connectivity index (χ4n) is 7.31. The lowest BCUT2D eigenvalue weighted by Gasteiger charge is -2.18. The maximum atomic E-state index is 12.8. The van der Waals surface area contributed by atoms with E-state index in [1.807, 2.05) is 0 Å². The van der Waals surface area contributed by atoms with Crippen LogP contribution in [0.3, 0.4) is 0 Å². The van der Waals surface area contributed by atoms with Gasteiger partial charge in [-0.3, -0.25) is 14.4 Å². The quantitative estimate of drug-likeness (QED) is 0.0262.